The second kappa shape index (κ2) is 11.7. The molecule has 0 spiro atoms. The summed E-state index contributed by atoms with van der Waals surface area (Å²) in [7, 11) is -1.88. The predicted octanol–water partition coefficient (Wildman–Crippen LogP) is 7.81. The summed E-state index contributed by atoms with van der Waals surface area (Å²) < 4.78 is 41.1. The van der Waals surface area contributed by atoms with E-state index in [1.807, 2.05) is 11.8 Å². The van der Waals surface area contributed by atoms with E-state index >= 15 is 0 Å². The van der Waals surface area contributed by atoms with E-state index in [0.29, 0.717) is 0 Å². The molecule has 0 radical (unpaired) electrons. The Morgan fingerprint density at radius 1 is 0.706 bits per heavy atom. The van der Waals surface area contributed by atoms with E-state index in [-0.39, 0.29) is 0 Å². The van der Waals surface area contributed by atoms with Crippen LogP contribution in [0.3, 0.4) is 0 Å². The van der Waals surface area contributed by atoms with Gasteiger partial charge in [-0.25, -0.2) is 4.58 Å². The fourth-order valence-electron chi connectivity index (χ4n) is 3.21. The number of allylic oxidation sites excluding steroid dienone is 10. The first kappa shape index (κ1) is 25.3. The fourth-order valence-corrected chi connectivity index (χ4v) is 4.22. The zero-order valence-corrected chi connectivity index (χ0v) is 19.7. The van der Waals surface area contributed by atoms with Crippen molar-refractivity contribution in [3.05, 3.63) is 131 Å². The molecule has 0 aromatic heterocycles. The molecule has 0 bridgehead atoms. The SMILES string of the molecule is C[N+](C)=C1C=CC(=C/C=C2/C=C(c3ccccc3)C=C(c3ccccc3)S2)C=C1.F[B-](F)(F)F. The van der Waals surface area contributed by atoms with Crippen LogP contribution in [0.25, 0.3) is 10.5 Å². The van der Waals surface area contributed by atoms with Gasteiger partial charge in [-0.2, -0.15) is 0 Å². The lowest BCUT2D eigenvalue weighted by Crippen LogP contribution is -2.09. The molecular weight excluding hydrogens is 457 g/mol. The zero-order chi connectivity index (χ0) is 24.6. The van der Waals surface area contributed by atoms with Crippen LogP contribution in [0.1, 0.15) is 11.1 Å². The van der Waals surface area contributed by atoms with Crippen molar-refractivity contribution in [2.45, 2.75) is 0 Å². The Morgan fingerprint density at radius 2 is 1.24 bits per heavy atom. The molecule has 2 aromatic rings. The summed E-state index contributed by atoms with van der Waals surface area (Å²) in [6.07, 6.45) is 17.6. The van der Waals surface area contributed by atoms with Crippen LogP contribution in [0.15, 0.2) is 120 Å². The maximum Gasteiger partial charge on any atom is 0.673 e. The molecule has 2 aliphatic rings. The van der Waals surface area contributed by atoms with E-state index in [4.69, 9.17) is 0 Å². The normalized spacial score (nSPS) is 16.5. The van der Waals surface area contributed by atoms with Gasteiger partial charge in [-0.1, -0.05) is 78.5 Å². The summed E-state index contributed by atoms with van der Waals surface area (Å²) in [6.45, 7) is 0. The van der Waals surface area contributed by atoms with Crippen LogP contribution >= 0.6 is 11.8 Å². The van der Waals surface area contributed by atoms with Crippen LogP contribution in [0, 0.1) is 0 Å². The summed E-state index contributed by atoms with van der Waals surface area (Å²) in [4.78, 5) is 2.51. The lowest BCUT2D eigenvalue weighted by Gasteiger charge is -2.16. The second-order valence-corrected chi connectivity index (χ2v) is 8.77. The molecule has 1 aliphatic carbocycles. The molecule has 1 heterocycles. The van der Waals surface area contributed by atoms with Crippen LogP contribution in [0.5, 0.6) is 0 Å². The summed E-state index contributed by atoms with van der Waals surface area (Å²) in [5, 5.41) is 0. The molecule has 0 fully saturated rings. The van der Waals surface area contributed by atoms with Gasteiger partial charge in [0.1, 0.15) is 14.1 Å². The molecule has 0 amide bonds. The van der Waals surface area contributed by atoms with Gasteiger partial charge in [-0.3, -0.25) is 0 Å². The maximum atomic E-state index is 9.75. The van der Waals surface area contributed by atoms with Crippen LogP contribution in [0.4, 0.5) is 17.3 Å². The Balaban J connectivity index is 0.000000588. The Morgan fingerprint density at radius 3 is 1.76 bits per heavy atom. The van der Waals surface area contributed by atoms with Gasteiger partial charge in [-0.15, -0.1) is 0 Å². The Hall–Kier alpha value is -3.32. The third kappa shape index (κ3) is 8.23. The fraction of sp³-hybridized carbons (Fsp3) is 0.0741. The molecule has 1 aliphatic heterocycles. The minimum atomic E-state index is -6.00. The van der Waals surface area contributed by atoms with Gasteiger partial charge in [0.2, 0.25) is 0 Å². The van der Waals surface area contributed by atoms with Crippen molar-refractivity contribution in [3.63, 3.8) is 0 Å². The van der Waals surface area contributed by atoms with E-state index in [0.717, 1.165) is 0 Å². The van der Waals surface area contributed by atoms with Crippen LogP contribution in [-0.4, -0.2) is 31.6 Å². The molecule has 0 atom stereocenters. The molecular formula is C27H24BF4NS. The molecule has 1 nitrogen and oxygen atoms in total. The van der Waals surface area contributed by atoms with Gasteiger partial charge in [0, 0.05) is 22.0 Å². The van der Waals surface area contributed by atoms with E-state index in [1.165, 1.54) is 37.8 Å². The summed E-state index contributed by atoms with van der Waals surface area (Å²) in [6, 6.07) is 21.2. The van der Waals surface area contributed by atoms with Gasteiger partial charge in [-0.05, 0) is 52.7 Å². The highest BCUT2D eigenvalue weighted by Gasteiger charge is 2.20. The Kier molecular flexibility index (Phi) is 8.71. The first-order chi connectivity index (χ1) is 16.2. The Bertz CT molecular complexity index is 1190. The highest BCUT2D eigenvalue weighted by molar-refractivity contribution is 8.12. The Labute approximate surface area is 202 Å². The van der Waals surface area contributed by atoms with Crippen LogP contribution < -0.4 is 0 Å². The molecule has 0 unspecified atom stereocenters. The van der Waals surface area contributed by atoms with Crippen LogP contribution in [-0.2, 0) is 0 Å². The quantitative estimate of drug-likeness (QED) is 0.246. The van der Waals surface area contributed by atoms with E-state index in [2.05, 4.69) is 128 Å². The van der Waals surface area contributed by atoms with E-state index in [1.54, 1.807) is 0 Å². The molecule has 0 saturated carbocycles. The van der Waals surface area contributed by atoms with E-state index < -0.39 is 7.25 Å². The highest BCUT2D eigenvalue weighted by atomic mass is 32.2. The average Bonchev–Trinajstić information content (AvgIpc) is 2.83. The zero-order valence-electron chi connectivity index (χ0n) is 18.8. The lowest BCUT2D eigenvalue weighted by molar-refractivity contribution is -0.462. The number of rotatable bonds is 3. The van der Waals surface area contributed by atoms with Gasteiger partial charge < -0.3 is 17.3 Å². The standard InChI is InChI=1S/C27H24NS.BF4/c1-28(2)25-16-13-21(14-17-25)15-18-26-19-24(22-9-5-3-6-10-22)20-27(29-26)23-11-7-4-8-12-23;2-1(3,4)5/h3-20H,1-2H3;/q+1;-1/b26-18-;. The topological polar surface area (TPSA) is 3.01 Å². The average molecular weight is 481 g/mol. The van der Waals surface area contributed by atoms with Crippen molar-refractivity contribution >= 4 is 35.2 Å². The third-order valence-corrected chi connectivity index (χ3v) is 5.89. The van der Waals surface area contributed by atoms with Gasteiger partial charge >= 0.3 is 7.25 Å². The van der Waals surface area contributed by atoms with Gasteiger partial charge in [0.15, 0.2) is 5.71 Å². The molecule has 34 heavy (non-hydrogen) atoms. The van der Waals surface area contributed by atoms with Crippen molar-refractivity contribution in [3.8, 4) is 0 Å². The number of hydrogen-bond donors (Lipinski definition) is 0. The number of benzene rings is 2. The predicted molar refractivity (Wildman–Crippen MR) is 138 cm³/mol. The molecule has 2 aromatic carbocycles. The molecule has 0 N–H and O–H groups in total. The summed E-state index contributed by atoms with van der Waals surface area (Å²) >= 11 is 1.82. The second-order valence-electron chi connectivity index (χ2n) is 7.66. The molecule has 0 saturated heterocycles. The van der Waals surface area contributed by atoms with Gasteiger partial charge in [0.05, 0.1) is 0 Å². The summed E-state index contributed by atoms with van der Waals surface area (Å²) in [5.41, 5.74) is 6.14. The van der Waals surface area contributed by atoms with Crippen molar-refractivity contribution in [2.75, 3.05) is 14.1 Å². The smallest absolute Gasteiger partial charge is 0.418 e. The number of hydrogen-bond acceptors (Lipinski definition) is 1. The first-order valence-electron chi connectivity index (χ1n) is 10.6. The van der Waals surface area contributed by atoms with Crippen LogP contribution in [0.2, 0.25) is 0 Å². The first-order valence-corrected chi connectivity index (χ1v) is 11.4. The molecule has 4 rings (SSSR count). The largest absolute Gasteiger partial charge is 0.673 e. The summed E-state index contributed by atoms with van der Waals surface area (Å²) in [5.74, 6) is 0. The number of thioether (sulfide) groups is 1. The lowest BCUT2D eigenvalue weighted by atomic mass is 10.0. The van der Waals surface area contributed by atoms with E-state index in [9.17, 15) is 17.3 Å². The minimum Gasteiger partial charge on any atom is -0.418 e. The molecule has 7 heteroatoms. The van der Waals surface area contributed by atoms with Crippen molar-refractivity contribution in [2.24, 2.45) is 0 Å². The number of halogens is 4. The maximum absolute atomic E-state index is 9.75. The monoisotopic (exact) mass is 481 g/mol. The van der Waals surface area contributed by atoms with Crippen molar-refractivity contribution in [1.29, 1.82) is 0 Å². The highest BCUT2D eigenvalue weighted by Crippen LogP contribution is 2.41. The number of nitrogens with zero attached hydrogens (tertiary/aromatic N) is 1. The molecule has 174 valence electrons. The minimum absolute atomic E-state index is 1.20. The van der Waals surface area contributed by atoms with Gasteiger partial charge in [0.25, 0.3) is 0 Å². The van der Waals surface area contributed by atoms with Crippen molar-refractivity contribution in [1.82, 2.24) is 0 Å². The van der Waals surface area contributed by atoms with Crippen molar-refractivity contribution < 1.29 is 21.8 Å². The third-order valence-electron chi connectivity index (χ3n) is 4.83.